The third-order valence-electron chi connectivity index (χ3n) is 2.04. The van der Waals surface area contributed by atoms with Crippen LogP contribution < -0.4 is 0 Å². The second kappa shape index (κ2) is 4.46. The number of aliphatic carboxylic acids is 1. The predicted octanol–water partition coefficient (Wildman–Crippen LogP) is 2.39. The van der Waals surface area contributed by atoms with Gasteiger partial charge in [-0.15, -0.1) is 0 Å². The largest absolute Gasteiger partial charge is 0.481 e. The number of carboxylic acids is 1. The summed E-state index contributed by atoms with van der Waals surface area (Å²) in [5.41, 5.74) is 0.415. The maximum Gasteiger partial charge on any atom is 0.396 e. The second-order valence-corrected chi connectivity index (χ2v) is 3.25. The Hall–Kier alpha value is -1.33. The minimum atomic E-state index is -4.27. The summed E-state index contributed by atoms with van der Waals surface area (Å²) in [6.07, 6.45) is -2.16. The standard InChI is InChI=1S/C9H10F3NO2/c10-9(11,12)6-1-2-7(13-5-6)3-4-8(14)15/h2,5-6H,1,3-4H2,(H,14,15). The Kier molecular flexibility index (Phi) is 3.49. The quantitative estimate of drug-likeness (QED) is 0.795. The lowest BCUT2D eigenvalue weighted by Gasteiger charge is -2.17. The van der Waals surface area contributed by atoms with E-state index in [9.17, 15) is 18.0 Å². The van der Waals surface area contributed by atoms with Crippen LogP contribution in [-0.2, 0) is 4.79 Å². The molecule has 0 saturated heterocycles. The highest BCUT2D eigenvalue weighted by atomic mass is 19.4. The Balaban J connectivity index is 2.47. The Bertz CT molecular complexity index is 307. The summed E-state index contributed by atoms with van der Waals surface area (Å²) < 4.78 is 36.5. The van der Waals surface area contributed by atoms with Crippen molar-refractivity contribution in [2.75, 3.05) is 0 Å². The van der Waals surface area contributed by atoms with Gasteiger partial charge in [0.2, 0.25) is 0 Å². The van der Waals surface area contributed by atoms with Gasteiger partial charge in [0.05, 0.1) is 12.3 Å². The van der Waals surface area contributed by atoms with Crippen LogP contribution in [0.3, 0.4) is 0 Å². The van der Waals surface area contributed by atoms with E-state index in [4.69, 9.17) is 5.11 Å². The van der Waals surface area contributed by atoms with Gasteiger partial charge in [0, 0.05) is 11.9 Å². The van der Waals surface area contributed by atoms with Crippen LogP contribution >= 0.6 is 0 Å². The van der Waals surface area contributed by atoms with Gasteiger partial charge in [0.1, 0.15) is 0 Å². The van der Waals surface area contributed by atoms with Crippen molar-refractivity contribution in [3.63, 3.8) is 0 Å². The average molecular weight is 221 g/mol. The first-order valence-electron chi connectivity index (χ1n) is 4.41. The fourth-order valence-electron chi connectivity index (χ4n) is 1.18. The normalized spacial score (nSPS) is 21.3. The monoisotopic (exact) mass is 221 g/mol. The Morgan fingerprint density at radius 3 is 2.67 bits per heavy atom. The molecule has 15 heavy (non-hydrogen) atoms. The van der Waals surface area contributed by atoms with Crippen LogP contribution in [0.25, 0.3) is 0 Å². The van der Waals surface area contributed by atoms with Gasteiger partial charge < -0.3 is 5.11 Å². The summed E-state index contributed by atoms with van der Waals surface area (Å²) in [6.45, 7) is 0. The van der Waals surface area contributed by atoms with E-state index in [1.807, 2.05) is 0 Å². The summed E-state index contributed by atoms with van der Waals surface area (Å²) in [7, 11) is 0. The van der Waals surface area contributed by atoms with Crippen LogP contribution in [0.5, 0.6) is 0 Å². The van der Waals surface area contributed by atoms with E-state index in [0.29, 0.717) is 5.70 Å². The molecule has 1 atom stereocenters. The van der Waals surface area contributed by atoms with Crippen molar-refractivity contribution < 1.29 is 23.1 Å². The van der Waals surface area contributed by atoms with Gasteiger partial charge in [-0.2, -0.15) is 13.2 Å². The van der Waals surface area contributed by atoms with Crippen molar-refractivity contribution in [3.8, 4) is 0 Å². The molecule has 0 fully saturated rings. The van der Waals surface area contributed by atoms with Crippen molar-refractivity contribution in [2.24, 2.45) is 10.9 Å². The Morgan fingerprint density at radius 2 is 2.27 bits per heavy atom. The molecule has 1 aliphatic rings. The molecule has 0 spiro atoms. The molecule has 0 radical (unpaired) electrons. The third kappa shape index (κ3) is 3.73. The van der Waals surface area contributed by atoms with Crippen molar-refractivity contribution in [1.82, 2.24) is 0 Å². The fraction of sp³-hybridized carbons (Fsp3) is 0.556. The molecule has 1 rings (SSSR count). The van der Waals surface area contributed by atoms with E-state index in [0.717, 1.165) is 6.21 Å². The molecule has 0 saturated carbocycles. The maximum atomic E-state index is 12.2. The molecule has 0 aromatic carbocycles. The Morgan fingerprint density at radius 1 is 1.60 bits per heavy atom. The minimum Gasteiger partial charge on any atom is -0.481 e. The number of carbonyl (C=O) groups is 1. The lowest BCUT2D eigenvalue weighted by atomic mass is 10.0. The third-order valence-corrected chi connectivity index (χ3v) is 2.04. The maximum absolute atomic E-state index is 12.2. The molecule has 84 valence electrons. The fourth-order valence-corrected chi connectivity index (χ4v) is 1.18. The highest BCUT2D eigenvalue weighted by Gasteiger charge is 2.38. The topological polar surface area (TPSA) is 49.7 Å². The van der Waals surface area contributed by atoms with Gasteiger partial charge in [0.25, 0.3) is 0 Å². The second-order valence-electron chi connectivity index (χ2n) is 3.25. The zero-order valence-corrected chi connectivity index (χ0v) is 7.79. The van der Waals surface area contributed by atoms with Gasteiger partial charge in [0.15, 0.2) is 0 Å². The van der Waals surface area contributed by atoms with E-state index in [2.05, 4.69) is 4.99 Å². The average Bonchev–Trinajstić information content (AvgIpc) is 2.14. The summed E-state index contributed by atoms with van der Waals surface area (Å²) in [4.78, 5) is 13.8. The number of aliphatic imine (C=N–C) groups is 1. The first-order valence-corrected chi connectivity index (χ1v) is 4.41. The van der Waals surface area contributed by atoms with Crippen molar-refractivity contribution in [2.45, 2.75) is 25.4 Å². The highest BCUT2D eigenvalue weighted by Crippen LogP contribution is 2.30. The van der Waals surface area contributed by atoms with E-state index in [-0.39, 0.29) is 19.3 Å². The predicted molar refractivity (Wildman–Crippen MR) is 47.6 cm³/mol. The Labute approximate surface area is 84.3 Å². The first kappa shape index (κ1) is 11.7. The molecule has 3 nitrogen and oxygen atoms in total. The molecule has 1 heterocycles. The summed E-state index contributed by atoms with van der Waals surface area (Å²) in [6, 6.07) is 0. The van der Waals surface area contributed by atoms with Crippen LogP contribution in [0.1, 0.15) is 19.3 Å². The molecule has 0 amide bonds. The highest BCUT2D eigenvalue weighted by molar-refractivity contribution is 5.68. The smallest absolute Gasteiger partial charge is 0.396 e. The number of carboxylic acid groups (broad SMARTS) is 1. The van der Waals surface area contributed by atoms with Gasteiger partial charge in [-0.25, -0.2) is 0 Å². The van der Waals surface area contributed by atoms with Gasteiger partial charge in [-0.3, -0.25) is 9.79 Å². The van der Waals surface area contributed by atoms with Crippen LogP contribution in [0.2, 0.25) is 0 Å². The minimum absolute atomic E-state index is 0.111. The van der Waals surface area contributed by atoms with Crippen LogP contribution in [0, 0.1) is 5.92 Å². The molecule has 0 bridgehead atoms. The number of allylic oxidation sites excluding steroid dienone is 2. The molecule has 1 unspecified atom stereocenters. The SMILES string of the molecule is O=C(O)CCC1=CCC(C(F)(F)F)C=N1. The molecule has 6 heteroatoms. The molecular weight excluding hydrogens is 211 g/mol. The molecule has 1 N–H and O–H groups in total. The van der Waals surface area contributed by atoms with Crippen LogP contribution in [0.4, 0.5) is 13.2 Å². The van der Waals surface area contributed by atoms with Crippen molar-refractivity contribution in [1.29, 1.82) is 0 Å². The van der Waals surface area contributed by atoms with Crippen molar-refractivity contribution >= 4 is 12.2 Å². The van der Waals surface area contributed by atoms with E-state index < -0.39 is 18.1 Å². The lowest BCUT2D eigenvalue weighted by Crippen LogP contribution is -2.25. The zero-order chi connectivity index (χ0) is 11.5. The first-order chi connectivity index (χ1) is 6.89. The van der Waals surface area contributed by atoms with Crippen LogP contribution in [0.15, 0.2) is 16.8 Å². The number of hydrogen-bond donors (Lipinski definition) is 1. The molecule has 0 aliphatic carbocycles. The number of alkyl halides is 3. The number of halogens is 3. The summed E-state index contributed by atoms with van der Waals surface area (Å²) in [5.74, 6) is -2.52. The van der Waals surface area contributed by atoms with E-state index >= 15 is 0 Å². The van der Waals surface area contributed by atoms with Gasteiger partial charge in [-0.05, 0) is 12.8 Å². The number of rotatable bonds is 3. The van der Waals surface area contributed by atoms with Crippen LogP contribution in [-0.4, -0.2) is 23.5 Å². The lowest BCUT2D eigenvalue weighted by molar-refractivity contribution is -0.153. The summed E-state index contributed by atoms with van der Waals surface area (Å²) in [5, 5.41) is 8.37. The van der Waals surface area contributed by atoms with E-state index in [1.165, 1.54) is 6.08 Å². The molecular formula is C9H10F3NO2. The molecule has 1 aliphatic heterocycles. The molecule has 0 aromatic rings. The number of hydrogen-bond acceptors (Lipinski definition) is 2. The number of nitrogens with zero attached hydrogens (tertiary/aromatic N) is 1. The summed E-state index contributed by atoms with van der Waals surface area (Å²) >= 11 is 0. The zero-order valence-electron chi connectivity index (χ0n) is 7.79. The van der Waals surface area contributed by atoms with Gasteiger partial charge >= 0.3 is 12.1 Å². The van der Waals surface area contributed by atoms with Crippen molar-refractivity contribution in [3.05, 3.63) is 11.8 Å². The van der Waals surface area contributed by atoms with E-state index in [1.54, 1.807) is 0 Å². The van der Waals surface area contributed by atoms with Gasteiger partial charge in [-0.1, -0.05) is 6.08 Å². The molecule has 0 aromatic heterocycles.